The highest BCUT2D eigenvalue weighted by atomic mass is 16.6. The minimum Gasteiger partial charge on any atom is -0.490 e. The smallest absolute Gasteiger partial charge is 0.407 e. The Labute approximate surface area is 160 Å². The molecule has 1 aromatic heterocycles. The molecule has 0 fully saturated rings. The van der Waals surface area contributed by atoms with Crippen LogP contribution in [0.4, 0.5) is 4.79 Å². The van der Waals surface area contributed by atoms with Gasteiger partial charge in [0, 0.05) is 18.3 Å². The summed E-state index contributed by atoms with van der Waals surface area (Å²) in [5.74, 6) is 1.36. The second-order valence-electron chi connectivity index (χ2n) is 6.87. The number of nitrogens with zero attached hydrogens (tertiary/aromatic N) is 1. The molecule has 0 atom stereocenters. The summed E-state index contributed by atoms with van der Waals surface area (Å²) >= 11 is 0. The van der Waals surface area contributed by atoms with E-state index in [1.54, 1.807) is 24.5 Å². The van der Waals surface area contributed by atoms with Gasteiger partial charge in [-0.25, -0.2) is 4.79 Å². The first-order valence-electron chi connectivity index (χ1n) is 8.72. The highest BCUT2D eigenvalue weighted by molar-refractivity contribution is 5.67. The number of hydrogen-bond donors (Lipinski definition) is 1. The van der Waals surface area contributed by atoms with E-state index in [4.69, 9.17) is 14.2 Å². The lowest BCUT2D eigenvalue weighted by Crippen LogP contribution is -2.32. The number of carbonyl (C=O) groups excluding carboxylic acids is 1. The molecule has 6 heteroatoms. The first-order valence-corrected chi connectivity index (χ1v) is 8.72. The van der Waals surface area contributed by atoms with Crippen molar-refractivity contribution in [1.29, 1.82) is 0 Å². The van der Waals surface area contributed by atoms with Gasteiger partial charge in [0.25, 0.3) is 0 Å². The normalized spacial score (nSPS) is 10.8. The van der Waals surface area contributed by atoms with Crippen LogP contribution in [0, 0.1) is 0 Å². The number of amides is 1. The summed E-state index contributed by atoms with van der Waals surface area (Å²) in [5.41, 5.74) is 1.24. The Bertz CT molecular complexity index is 769. The zero-order valence-corrected chi connectivity index (χ0v) is 16.0. The molecule has 2 rings (SSSR count). The van der Waals surface area contributed by atoms with Gasteiger partial charge in [-0.15, -0.1) is 0 Å². The molecule has 0 bridgehead atoms. The average Bonchev–Trinajstić information content (AvgIpc) is 2.62. The SMILES string of the molecule is C=CCOc1cccc(COc2cnccc2CNC(=O)OC(C)(C)C)c1. The molecule has 0 aliphatic heterocycles. The van der Waals surface area contributed by atoms with Crippen LogP contribution in [0.15, 0.2) is 55.4 Å². The Morgan fingerprint density at radius 2 is 2.07 bits per heavy atom. The molecule has 1 N–H and O–H groups in total. The Hall–Kier alpha value is -3.02. The van der Waals surface area contributed by atoms with Crippen LogP contribution in [0.3, 0.4) is 0 Å². The highest BCUT2D eigenvalue weighted by Gasteiger charge is 2.16. The zero-order valence-electron chi connectivity index (χ0n) is 16.0. The van der Waals surface area contributed by atoms with Crippen molar-refractivity contribution in [2.24, 2.45) is 0 Å². The van der Waals surface area contributed by atoms with Crippen molar-refractivity contribution >= 4 is 6.09 Å². The number of ether oxygens (including phenoxy) is 3. The summed E-state index contributed by atoms with van der Waals surface area (Å²) in [6.07, 6.45) is 4.51. The maximum atomic E-state index is 11.8. The fourth-order valence-corrected chi connectivity index (χ4v) is 2.21. The minimum absolute atomic E-state index is 0.287. The first-order chi connectivity index (χ1) is 12.9. The van der Waals surface area contributed by atoms with Crippen LogP contribution in [-0.4, -0.2) is 23.3 Å². The van der Waals surface area contributed by atoms with Gasteiger partial charge >= 0.3 is 6.09 Å². The summed E-state index contributed by atoms with van der Waals surface area (Å²) in [7, 11) is 0. The lowest BCUT2D eigenvalue weighted by atomic mass is 10.2. The van der Waals surface area contributed by atoms with Crippen LogP contribution in [0.1, 0.15) is 31.9 Å². The fraction of sp³-hybridized carbons (Fsp3) is 0.333. The lowest BCUT2D eigenvalue weighted by molar-refractivity contribution is 0.0523. The van der Waals surface area contributed by atoms with Gasteiger partial charge in [0.15, 0.2) is 0 Å². The fourth-order valence-electron chi connectivity index (χ4n) is 2.21. The average molecular weight is 370 g/mol. The third-order valence-electron chi connectivity index (χ3n) is 3.35. The molecule has 1 aromatic carbocycles. The Balaban J connectivity index is 1.95. The molecule has 0 saturated heterocycles. The molecule has 144 valence electrons. The molecule has 27 heavy (non-hydrogen) atoms. The third kappa shape index (κ3) is 7.40. The molecule has 0 aliphatic rings. The summed E-state index contributed by atoms with van der Waals surface area (Å²) in [4.78, 5) is 15.9. The van der Waals surface area contributed by atoms with E-state index in [1.165, 1.54) is 0 Å². The topological polar surface area (TPSA) is 69.7 Å². The summed E-state index contributed by atoms with van der Waals surface area (Å²) in [6.45, 7) is 10.2. The summed E-state index contributed by atoms with van der Waals surface area (Å²) < 4.78 is 16.7. The van der Waals surface area contributed by atoms with Crippen molar-refractivity contribution in [3.8, 4) is 11.5 Å². The highest BCUT2D eigenvalue weighted by Crippen LogP contribution is 2.20. The maximum Gasteiger partial charge on any atom is 0.407 e. The van der Waals surface area contributed by atoms with E-state index in [9.17, 15) is 4.79 Å². The van der Waals surface area contributed by atoms with Gasteiger partial charge in [0.05, 0.1) is 6.20 Å². The van der Waals surface area contributed by atoms with Crippen LogP contribution in [0.5, 0.6) is 11.5 Å². The third-order valence-corrected chi connectivity index (χ3v) is 3.35. The Morgan fingerprint density at radius 1 is 1.26 bits per heavy atom. The number of pyridine rings is 1. The molecule has 0 saturated carbocycles. The second-order valence-corrected chi connectivity index (χ2v) is 6.87. The molecular weight excluding hydrogens is 344 g/mol. The Kier molecular flexibility index (Phi) is 7.23. The summed E-state index contributed by atoms with van der Waals surface area (Å²) in [5, 5.41) is 2.73. The number of alkyl carbamates (subject to hydrolysis) is 1. The number of nitrogens with one attached hydrogen (secondary N) is 1. The van der Waals surface area contributed by atoms with Crippen molar-refractivity contribution in [2.75, 3.05) is 6.61 Å². The van der Waals surface area contributed by atoms with Gasteiger partial charge in [-0.2, -0.15) is 0 Å². The maximum absolute atomic E-state index is 11.8. The number of carbonyl (C=O) groups is 1. The van der Waals surface area contributed by atoms with E-state index in [2.05, 4.69) is 16.9 Å². The number of hydrogen-bond acceptors (Lipinski definition) is 5. The van der Waals surface area contributed by atoms with Crippen LogP contribution in [0.2, 0.25) is 0 Å². The summed E-state index contributed by atoms with van der Waals surface area (Å²) in [6, 6.07) is 9.46. The van der Waals surface area contributed by atoms with Crippen LogP contribution < -0.4 is 14.8 Å². The minimum atomic E-state index is -0.541. The van der Waals surface area contributed by atoms with E-state index in [0.717, 1.165) is 16.9 Å². The largest absolute Gasteiger partial charge is 0.490 e. The van der Waals surface area contributed by atoms with Crippen LogP contribution in [0.25, 0.3) is 0 Å². The van der Waals surface area contributed by atoms with Crippen molar-refractivity contribution in [3.05, 3.63) is 66.5 Å². The van der Waals surface area contributed by atoms with Crippen molar-refractivity contribution in [1.82, 2.24) is 10.3 Å². The molecular formula is C21H26N2O4. The molecule has 0 radical (unpaired) electrons. The van der Waals surface area contributed by atoms with Gasteiger partial charge < -0.3 is 19.5 Å². The van der Waals surface area contributed by atoms with E-state index >= 15 is 0 Å². The second kappa shape index (κ2) is 9.62. The predicted octanol–water partition coefficient (Wildman–Crippen LogP) is 4.25. The van der Waals surface area contributed by atoms with E-state index < -0.39 is 11.7 Å². The van der Waals surface area contributed by atoms with Gasteiger partial charge in [-0.05, 0) is 44.5 Å². The van der Waals surface area contributed by atoms with Crippen molar-refractivity contribution in [3.63, 3.8) is 0 Å². The Morgan fingerprint density at radius 3 is 2.81 bits per heavy atom. The molecule has 0 unspecified atom stereocenters. The quantitative estimate of drug-likeness (QED) is 0.704. The number of rotatable bonds is 8. The van der Waals surface area contributed by atoms with Gasteiger partial charge in [0.2, 0.25) is 0 Å². The first kappa shape index (κ1) is 20.3. The van der Waals surface area contributed by atoms with E-state index in [1.807, 2.05) is 45.0 Å². The van der Waals surface area contributed by atoms with E-state index in [0.29, 0.717) is 19.0 Å². The molecule has 0 spiro atoms. The standard InChI is InChI=1S/C21H26N2O4/c1-5-11-25-18-8-6-7-16(12-18)15-26-19-14-22-10-9-17(19)13-23-20(24)27-21(2,3)4/h5-10,12,14H,1,11,13,15H2,2-4H3,(H,23,24). The zero-order chi connectivity index (χ0) is 19.7. The molecule has 1 heterocycles. The number of benzene rings is 1. The van der Waals surface area contributed by atoms with Gasteiger partial charge in [-0.3, -0.25) is 4.98 Å². The monoisotopic (exact) mass is 370 g/mol. The molecule has 6 nitrogen and oxygen atoms in total. The van der Waals surface area contributed by atoms with Crippen LogP contribution >= 0.6 is 0 Å². The van der Waals surface area contributed by atoms with Gasteiger partial charge in [0.1, 0.15) is 30.3 Å². The van der Waals surface area contributed by atoms with E-state index in [-0.39, 0.29) is 6.54 Å². The molecule has 0 aliphatic carbocycles. The lowest BCUT2D eigenvalue weighted by Gasteiger charge is -2.20. The van der Waals surface area contributed by atoms with Crippen molar-refractivity contribution in [2.45, 2.75) is 39.5 Å². The van der Waals surface area contributed by atoms with Crippen LogP contribution in [-0.2, 0) is 17.9 Å². The van der Waals surface area contributed by atoms with Gasteiger partial charge in [-0.1, -0.05) is 24.8 Å². The van der Waals surface area contributed by atoms with Crippen molar-refractivity contribution < 1.29 is 19.0 Å². The predicted molar refractivity (Wildman–Crippen MR) is 104 cm³/mol. The molecule has 1 amide bonds. The number of aromatic nitrogens is 1. The molecule has 2 aromatic rings.